The molecule has 1 rings (SSSR count). The van der Waals surface area contributed by atoms with Gasteiger partial charge in [0.1, 0.15) is 5.75 Å². The fourth-order valence-electron chi connectivity index (χ4n) is 0.821. The van der Waals surface area contributed by atoms with Gasteiger partial charge in [-0.15, -0.1) is 0 Å². The summed E-state index contributed by atoms with van der Waals surface area (Å²) < 4.78 is 0. The Labute approximate surface area is 60.5 Å². The van der Waals surface area contributed by atoms with Crippen LogP contribution in [0.25, 0.3) is 0 Å². The Morgan fingerprint density at radius 1 is 1.50 bits per heavy atom. The Morgan fingerprint density at radius 2 is 2.30 bits per heavy atom. The van der Waals surface area contributed by atoms with Crippen LogP contribution in [0.15, 0.2) is 18.3 Å². The second-order valence-corrected chi connectivity index (χ2v) is 2.26. The van der Waals surface area contributed by atoms with Crippen LogP contribution in [0.5, 0.6) is 5.75 Å². The van der Waals surface area contributed by atoms with Crippen molar-refractivity contribution >= 4 is 0 Å². The van der Waals surface area contributed by atoms with Crippen LogP contribution in [-0.4, -0.2) is 10.1 Å². The van der Waals surface area contributed by atoms with E-state index in [9.17, 15) is 0 Å². The Balaban J connectivity index is 2.69. The van der Waals surface area contributed by atoms with Crippen molar-refractivity contribution in [3.05, 3.63) is 24.0 Å². The highest BCUT2D eigenvalue weighted by molar-refractivity contribution is 5.17. The number of hydrogen-bond acceptors (Lipinski definition) is 2. The predicted molar refractivity (Wildman–Crippen MR) is 39.9 cm³/mol. The lowest BCUT2D eigenvalue weighted by molar-refractivity contribution is 0.472. The van der Waals surface area contributed by atoms with Crippen LogP contribution in [0, 0.1) is 0 Å². The lowest BCUT2D eigenvalue weighted by atomic mass is 10.2. The van der Waals surface area contributed by atoms with Gasteiger partial charge in [-0.2, -0.15) is 0 Å². The van der Waals surface area contributed by atoms with E-state index in [2.05, 4.69) is 11.9 Å². The molecular weight excluding hydrogens is 126 g/mol. The number of aryl methyl sites for hydroxylation is 1. The van der Waals surface area contributed by atoms with Crippen molar-refractivity contribution in [1.29, 1.82) is 0 Å². The van der Waals surface area contributed by atoms with E-state index < -0.39 is 0 Å². The van der Waals surface area contributed by atoms with E-state index in [1.165, 1.54) is 6.20 Å². The molecule has 0 unspecified atom stereocenters. The molecule has 0 aliphatic heterocycles. The number of pyridine rings is 1. The number of nitrogens with zero attached hydrogens (tertiary/aromatic N) is 1. The molecule has 0 aliphatic carbocycles. The van der Waals surface area contributed by atoms with Gasteiger partial charge in [-0.1, -0.05) is 13.3 Å². The van der Waals surface area contributed by atoms with Crippen LogP contribution in [0.1, 0.15) is 19.0 Å². The van der Waals surface area contributed by atoms with Gasteiger partial charge in [-0.05, 0) is 18.6 Å². The molecule has 2 nitrogen and oxygen atoms in total. The van der Waals surface area contributed by atoms with Gasteiger partial charge in [-0.3, -0.25) is 4.98 Å². The smallest absolute Gasteiger partial charge is 0.133 e. The van der Waals surface area contributed by atoms with E-state index in [1.807, 2.05) is 6.07 Å². The second kappa shape index (κ2) is 3.20. The zero-order valence-corrected chi connectivity index (χ0v) is 6.04. The Hall–Kier alpha value is -1.05. The molecule has 1 heterocycles. The van der Waals surface area contributed by atoms with E-state index in [-0.39, 0.29) is 5.75 Å². The van der Waals surface area contributed by atoms with E-state index in [0.717, 1.165) is 18.5 Å². The fourth-order valence-corrected chi connectivity index (χ4v) is 0.821. The third-order valence-electron chi connectivity index (χ3n) is 1.32. The van der Waals surface area contributed by atoms with Crippen molar-refractivity contribution in [1.82, 2.24) is 4.98 Å². The summed E-state index contributed by atoms with van der Waals surface area (Å²) in [5.41, 5.74) is 1.04. The highest BCUT2D eigenvalue weighted by Crippen LogP contribution is 2.06. The SMILES string of the molecule is CCCc1ccc(O)cn1. The maximum atomic E-state index is 8.86. The molecule has 0 fully saturated rings. The Morgan fingerprint density at radius 3 is 2.80 bits per heavy atom. The minimum absolute atomic E-state index is 0.236. The van der Waals surface area contributed by atoms with Crippen molar-refractivity contribution in [2.24, 2.45) is 0 Å². The van der Waals surface area contributed by atoms with Gasteiger partial charge in [0, 0.05) is 5.69 Å². The van der Waals surface area contributed by atoms with Gasteiger partial charge in [0.05, 0.1) is 6.20 Å². The molecule has 0 saturated heterocycles. The first-order valence-corrected chi connectivity index (χ1v) is 3.47. The van der Waals surface area contributed by atoms with Crippen LogP contribution >= 0.6 is 0 Å². The van der Waals surface area contributed by atoms with Crippen molar-refractivity contribution in [2.45, 2.75) is 19.8 Å². The van der Waals surface area contributed by atoms with Gasteiger partial charge < -0.3 is 5.11 Å². The average molecular weight is 137 g/mol. The number of hydrogen-bond donors (Lipinski definition) is 1. The van der Waals surface area contributed by atoms with Crippen molar-refractivity contribution in [3.63, 3.8) is 0 Å². The molecule has 0 atom stereocenters. The fraction of sp³-hybridized carbons (Fsp3) is 0.375. The quantitative estimate of drug-likeness (QED) is 0.673. The van der Waals surface area contributed by atoms with Gasteiger partial charge in [0.2, 0.25) is 0 Å². The summed E-state index contributed by atoms with van der Waals surface area (Å²) in [6.45, 7) is 2.11. The summed E-state index contributed by atoms with van der Waals surface area (Å²) in [6, 6.07) is 3.51. The van der Waals surface area contributed by atoms with E-state index in [1.54, 1.807) is 6.07 Å². The standard InChI is InChI=1S/C8H11NO/c1-2-3-7-4-5-8(10)6-9-7/h4-6,10H,2-3H2,1H3. The van der Waals surface area contributed by atoms with Crippen LogP contribution in [0.4, 0.5) is 0 Å². The summed E-state index contributed by atoms with van der Waals surface area (Å²) in [4.78, 5) is 4.02. The summed E-state index contributed by atoms with van der Waals surface area (Å²) >= 11 is 0. The minimum Gasteiger partial charge on any atom is -0.506 e. The largest absolute Gasteiger partial charge is 0.506 e. The number of aromatic hydroxyl groups is 1. The summed E-state index contributed by atoms with van der Waals surface area (Å²) in [5.74, 6) is 0.236. The number of aromatic nitrogens is 1. The first-order chi connectivity index (χ1) is 4.83. The summed E-state index contributed by atoms with van der Waals surface area (Å²) in [5, 5.41) is 8.86. The lowest BCUT2D eigenvalue weighted by Crippen LogP contribution is -1.85. The third kappa shape index (κ3) is 1.72. The molecule has 10 heavy (non-hydrogen) atoms. The molecule has 1 aromatic heterocycles. The van der Waals surface area contributed by atoms with Gasteiger partial charge in [-0.25, -0.2) is 0 Å². The third-order valence-corrected chi connectivity index (χ3v) is 1.32. The Kier molecular flexibility index (Phi) is 2.26. The normalized spacial score (nSPS) is 9.70. The molecule has 0 radical (unpaired) electrons. The van der Waals surface area contributed by atoms with E-state index >= 15 is 0 Å². The second-order valence-electron chi connectivity index (χ2n) is 2.26. The van der Waals surface area contributed by atoms with Crippen molar-refractivity contribution in [2.75, 3.05) is 0 Å². The first-order valence-electron chi connectivity index (χ1n) is 3.47. The molecule has 1 N–H and O–H groups in total. The lowest BCUT2D eigenvalue weighted by Gasteiger charge is -1.95. The molecule has 54 valence electrons. The summed E-state index contributed by atoms with van der Waals surface area (Å²) in [6.07, 6.45) is 3.56. The van der Waals surface area contributed by atoms with Crippen LogP contribution in [-0.2, 0) is 6.42 Å². The zero-order chi connectivity index (χ0) is 7.40. The average Bonchev–Trinajstić information content (AvgIpc) is 1.95. The van der Waals surface area contributed by atoms with Crippen LogP contribution < -0.4 is 0 Å². The topological polar surface area (TPSA) is 33.1 Å². The maximum Gasteiger partial charge on any atom is 0.133 e. The molecule has 0 saturated carbocycles. The maximum absolute atomic E-state index is 8.86. The van der Waals surface area contributed by atoms with Crippen molar-refractivity contribution < 1.29 is 5.11 Å². The van der Waals surface area contributed by atoms with E-state index in [0.29, 0.717) is 0 Å². The van der Waals surface area contributed by atoms with Crippen LogP contribution in [0.3, 0.4) is 0 Å². The molecule has 0 bridgehead atoms. The molecule has 0 aromatic carbocycles. The molecule has 0 amide bonds. The predicted octanol–water partition coefficient (Wildman–Crippen LogP) is 1.74. The zero-order valence-electron chi connectivity index (χ0n) is 6.04. The van der Waals surface area contributed by atoms with Crippen molar-refractivity contribution in [3.8, 4) is 5.75 Å². The first kappa shape index (κ1) is 7.06. The monoisotopic (exact) mass is 137 g/mol. The molecular formula is C8H11NO. The molecule has 0 spiro atoms. The highest BCUT2D eigenvalue weighted by atomic mass is 16.3. The van der Waals surface area contributed by atoms with E-state index in [4.69, 9.17) is 5.11 Å². The molecule has 1 aromatic rings. The van der Waals surface area contributed by atoms with Gasteiger partial charge in [0.15, 0.2) is 0 Å². The summed E-state index contributed by atoms with van der Waals surface area (Å²) in [7, 11) is 0. The molecule has 2 heteroatoms. The van der Waals surface area contributed by atoms with Gasteiger partial charge >= 0.3 is 0 Å². The van der Waals surface area contributed by atoms with Crippen LogP contribution in [0.2, 0.25) is 0 Å². The minimum atomic E-state index is 0.236. The highest BCUT2D eigenvalue weighted by Gasteiger charge is 1.90. The number of rotatable bonds is 2. The molecule has 0 aliphatic rings. The Bertz CT molecular complexity index is 193. The van der Waals surface area contributed by atoms with Gasteiger partial charge in [0.25, 0.3) is 0 Å².